The van der Waals surface area contributed by atoms with E-state index in [0.29, 0.717) is 0 Å². The lowest BCUT2D eigenvalue weighted by atomic mass is 9.93. The summed E-state index contributed by atoms with van der Waals surface area (Å²) < 4.78 is 4.50. The molecule has 1 saturated carbocycles. The molecule has 1 rings (SSSR count). The number of ether oxygens (including phenoxy) is 1. The lowest BCUT2D eigenvalue weighted by molar-refractivity contribution is -0.141. The number of carbonyl (C=O) groups excluding carboxylic acids is 2. The maximum absolute atomic E-state index is 11.7. The molecule has 0 amide bonds. The van der Waals surface area contributed by atoms with E-state index in [-0.39, 0.29) is 5.92 Å². The molecule has 104 valence electrons. The van der Waals surface area contributed by atoms with E-state index >= 15 is 0 Å². The maximum Gasteiger partial charge on any atom is 0.411 e. The van der Waals surface area contributed by atoms with Crippen LogP contribution < -0.4 is 0 Å². The van der Waals surface area contributed by atoms with Gasteiger partial charge in [0, 0.05) is 11.6 Å². The first-order chi connectivity index (χ1) is 8.70. The zero-order valence-corrected chi connectivity index (χ0v) is 11.7. The molecule has 1 aliphatic carbocycles. The van der Waals surface area contributed by atoms with Crippen LogP contribution in [0.5, 0.6) is 0 Å². The topological polar surface area (TPSA) is 43.4 Å². The zero-order chi connectivity index (χ0) is 13.2. The molecule has 0 aromatic carbocycles. The molecular weight excluding hydrogens is 252 g/mol. The van der Waals surface area contributed by atoms with Crippen molar-refractivity contribution in [1.82, 2.24) is 0 Å². The Hall–Kier alpha value is -0.570. The van der Waals surface area contributed by atoms with Gasteiger partial charge < -0.3 is 4.74 Å². The van der Waals surface area contributed by atoms with Crippen LogP contribution in [0.15, 0.2) is 0 Å². The van der Waals surface area contributed by atoms with Gasteiger partial charge in [0.15, 0.2) is 0 Å². The van der Waals surface area contributed by atoms with Crippen LogP contribution >= 0.6 is 11.6 Å². The maximum atomic E-state index is 11.7. The molecular formula is C14H23ClO3. The smallest absolute Gasteiger partial charge is 0.380 e. The van der Waals surface area contributed by atoms with Gasteiger partial charge in [-0.3, -0.25) is 4.79 Å². The van der Waals surface area contributed by atoms with Gasteiger partial charge in [0.1, 0.15) is 0 Å². The van der Waals surface area contributed by atoms with E-state index in [1.165, 1.54) is 44.9 Å². The van der Waals surface area contributed by atoms with Crippen molar-refractivity contribution in [2.24, 2.45) is 5.92 Å². The first kappa shape index (κ1) is 15.5. The Kier molecular flexibility index (Phi) is 8.06. The SMILES string of the molecule is O=C(Cl)OC(=O)C1CCCCCCCCCCC1. The summed E-state index contributed by atoms with van der Waals surface area (Å²) in [6, 6.07) is 0. The number of hydrogen-bond acceptors (Lipinski definition) is 3. The Morgan fingerprint density at radius 2 is 1.17 bits per heavy atom. The summed E-state index contributed by atoms with van der Waals surface area (Å²) >= 11 is 5.09. The fourth-order valence-electron chi connectivity index (χ4n) is 2.56. The van der Waals surface area contributed by atoms with Crippen molar-refractivity contribution < 1.29 is 14.3 Å². The summed E-state index contributed by atoms with van der Waals surface area (Å²) in [6.07, 6.45) is 12.5. The van der Waals surface area contributed by atoms with Crippen LogP contribution in [0.4, 0.5) is 4.79 Å². The van der Waals surface area contributed by atoms with E-state index < -0.39 is 11.4 Å². The Balaban J connectivity index is 2.40. The molecule has 0 aromatic heterocycles. The normalized spacial score (nSPS) is 20.5. The highest BCUT2D eigenvalue weighted by Crippen LogP contribution is 2.22. The summed E-state index contributed by atoms with van der Waals surface area (Å²) in [4.78, 5) is 22.3. The van der Waals surface area contributed by atoms with E-state index in [2.05, 4.69) is 4.74 Å². The van der Waals surface area contributed by atoms with Crippen LogP contribution in [0.25, 0.3) is 0 Å². The van der Waals surface area contributed by atoms with E-state index in [1.807, 2.05) is 0 Å². The Morgan fingerprint density at radius 3 is 1.56 bits per heavy atom. The molecule has 1 fully saturated rings. The Morgan fingerprint density at radius 1 is 0.778 bits per heavy atom. The van der Waals surface area contributed by atoms with E-state index in [9.17, 15) is 9.59 Å². The van der Waals surface area contributed by atoms with Crippen molar-refractivity contribution in [3.63, 3.8) is 0 Å². The van der Waals surface area contributed by atoms with E-state index in [4.69, 9.17) is 11.6 Å². The molecule has 18 heavy (non-hydrogen) atoms. The monoisotopic (exact) mass is 274 g/mol. The van der Waals surface area contributed by atoms with Gasteiger partial charge in [-0.25, -0.2) is 4.79 Å². The highest BCUT2D eigenvalue weighted by atomic mass is 35.5. The second-order valence-electron chi connectivity index (χ2n) is 5.11. The van der Waals surface area contributed by atoms with Gasteiger partial charge in [-0.2, -0.15) is 0 Å². The van der Waals surface area contributed by atoms with Crippen LogP contribution in [0, 0.1) is 5.92 Å². The number of carbonyl (C=O) groups is 2. The fourth-order valence-corrected chi connectivity index (χ4v) is 2.64. The predicted octanol–water partition coefficient (Wildman–Crippen LogP) is 4.81. The van der Waals surface area contributed by atoms with Crippen molar-refractivity contribution >= 4 is 23.0 Å². The standard InChI is InChI=1S/C14H23ClO3/c15-14(17)18-13(16)12-10-8-6-4-2-1-3-5-7-9-11-12/h12H,1-11H2. The largest absolute Gasteiger partial charge is 0.411 e. The van der Waals surface area contributed by atoms with Gasteiger partial charge in [0.25, 0.3) is 0 Å². The van der Waals surface area contributed by atoms with Gasteiger partial charge in [-0.05, 0) is 12.8 Å². The molecule has 0 heterocycles. The molecule has 0 bridgehead atoms. The highest BCUT2D eigenvalue weighted by Gasteiger charge is 2.21. The first-order valence-electron chi connectivity index (χ1n) is 7.11. The molecule has 3 nitrogen and oxygen atoms in total. The molecule has 0 radical (unpaired) electrons. The highest BCUT2D eigenvalue weighted by molar-refractivity contribution is 6.61. The summed E-state index contributed by atoms with van der Waals surface area (Å²) in [5, 5.41) is 0. The van der Waals surface area contributed by atoms with Crippen molar-refractivity contribution in [1.29, 1.82) is 0 Å². The summed E-state index contributed by atoms with van der Waals surface area (Å²) in [6.45, 7) is 0. The number of esters is 1. The Bertz CT molecular complexity index is 254. The van der Waals surface area contributed by atoms with Crippen LogP contribution in [0.2, 0.25) is 0 Å². The van der Waals surface area contributed by atoms with Crippen LogP contribution in [-0.2, 0) is 9.53 Å². The molecule has 0 atom stereocenters. The second-order valence-corrected chi connectivity index (χ2v) is 5.42. The number of hydrogen-bond donors (Lipinski definition) is 0. The number of halogens is 1. The van der Waals surface area contributed by atoms with Gasteiger partial charge in [0.05, 0.1) is 5.92 Å². The van der Waals surface area contributed by atoms with Crippen LogP contribution in [0.1, 0.15) is 70.6 Å². The van der Waals surface area contributed by atoms with Gasteiger partial charge >= 0.3 is 11.4 Å². The molecule has 0 N–H and O–H groups in total. The van der Waals surface area contributed by atoms with E-state index in [0.717, 1.165) is 25.7 Å². The fraction of sp³-hybridized carbons (Fsp3) is 0.857. The van der Waals surface area contributed by atoms with Crippen LogP contribution in [-0.4, -0.2) is 11.4 Å². The summed E-state index contributed by atoms with van der Waals surface area (Å²) in [5.41, 5.74) is -1.01. The second kappa shape index (κ2) is 9.37. The molecule has 0 unspecified atom stereocenters. The Labute approximate surface area is 114 Å². The van der Waals surface area contributed by atoms with E-state index in [1.54, 1.807) is 0 Å². The minimum absolute atomic E-state index is 0.146. The van der Waals surface area contributed by atoms with Gasteiger partial charge in [-0.15, -0.1) is 0 Å². The third kappa shape index (κ3) is 7.00. The molecule has 0 aromatic rings. The zero-order valence-electron chi connectivity index (χ0n) is 11.0. The molecule has 0 aliphatic heterocycles. The van der Waals surface area contributed by atoms with Crippen molar-refractivity contribution in [2.45, 2.75) is 70.6 Å². The minimum atomic E-state index is -1.01. The predicted molar refractivity (Wildman–Crippen MR) is 71.6 cm³/mol. The summed E-state index contributed by atoms with van der Waals surface area (Å²) in [7, 11) is 0. The van der Waals surface area contributed by atoms with Gasteiger partial charge in [0.2, 0.25) is 0 Å². The molecule has 4 heteroatoms. The molecule has 1 aliphatic rings. The minimum Gasteiger partial charge on any atom is -0.380 e. The van der Waals surface area contributed by atoms with Crippen molar-refractivity contribution in [3.8, 4) is 0 Å². The van der Waals surface area contributed by atoms with Crippen molar-refractivity contribution in [3.05, 3.63) is 0 Å². The lowest BCUT2D eigenvalue weighted by Gasteiger charge is -2.15. The quantitative estimate of drug-likeness (QED) is 0.391. The average Bonchev–Trinajstić information content (AvgIpc) is 2.28. The average molecular weight is 275 g/mol. The third-order valence-electron chi connectivity index (χ3n) is 3.62. The third-order valence-corrected chi connectivity index (χ3v) is 3.70. The first-order valence-corrected chi connectivity index (χ1v) is 7.49. The van der Waals surface area contributed by atoms with Crippen molar-refractivity contribution in [2.75, 3.05) is 0 Å². The van der Waals surface area contributed by atoms with Crippen LogP contribution in [0.3, 0.4) is 0 Å². The number of rotatable bonds is 1. The lowest BCUT2D eigenvalue weighted by Crippen LogP contribution is -2.19. The summed E-state index contributed by atoms with van der Waals surface area (Å²) in [5.74, 6) is -0.584. The van der Waals surface area contributed by atoms with Gasteiger partial charge in [-0.1, -0.05) is 57.8 Å². The molecule has 0 spiro atoms. The molecule has 0 saturated heterocycles.